The maximum atomic E-state index is 12.5. The molecule has 0 saturated heterocycles. The van der Waals surface area contributed by atoms with Gasteiger partial charge in [0, 0.05) is 22.5 Å². The Kier molecular flexibility index (Phi) is 18.7. The fraction of sp³-hybridized carbons (Fsp3) is 0.654. The van der Waals surface area contributed by atoms with Crippen LogP contribution in [0.15, 0.2) is 34.4 Å². The number of amides is 1. The van der Waals surface area contributed by atoms with E-state index in [-0.39, 0.29) is 24.1 Å². The van der Waals surface area contributed by atoms with Crippen LogP contribution in [0.1, 0.15) is 74.1 Å². The first-order valence-corrected chi connectivity index (χ1v) is 12.0. The molecule has 0 aromatic heterocycles. The predicted molar refractivity (Wildman–Crippen MR) is 139 cm³/mol. The fourth-order valence-electron chi connectivity index (χ4n) is 3.38. The van der Waals surface area contributed by atoms with E-state index in [9.17, 15) is 4.79 Å². The van der Waals surface area contributed by atoms with Crippen LogP contribution in [-0.4, -0.2) is 29.8 Å². The van der Waals surface area contributed by atoms with Crippen molar-refractivity contribution >= 4 is 21.8 Å². The van der Waals surface area contributed by atoms with Gasteiger partial charge in [-0.3, -0.25) is 10.1 Å². The molecule has 1 aliphatic carbocycles. The molecule has 1 fully saturated rings. The molecule has 178 valence electrons. The number of carbonyl (C=O) groups is 1. The summed E-state index contributed by atoms with van der Waals surface area (Å²) >= 11 is 3.45. The lowest BCUT2D eigenvalue weighted by Gasteiger charge is -2.45. The quantitative estimate of drug-likeness (QED) is 0.199. The zero-order valence-corrected chi connectivity index (χ0v) is 22.3. The molecule has 1 rings (SSSR count). The Morgan fingerprint density at radius 1 is 1.23 bits per heavy atom. The Hall–Kier alpha value is -1.35. The molecule has 1 aliphatic rings. The summed E-state index contributed by atoms with van der Waals surface area (Å²) in [5, 5.41) is 15.0. The van der Waals surface area contributed by atoms with Crippen LogP contribution in [0.4, 0.5) is 0 Å². The number of allylic oxidation sites excluding steroid dienone is 6. The third-order valence-corrected chi connectivity index (χ3v) is 6.58. The van der Waals surface area contributed by atoms with E-state index >= 15 is 0 Å². The van der Waals surface area contributed by atoms with Gasteiger partial charge in [-0.1, -0.05) is 54.4 Å². The van der Waals surface area contributed by atoms with Gasteiger partial charge in [-0.15, -0.1) is 12.8 Å². The van der Waals surface area contributed by atoms with E-state index in [4.69, 9.17) is 5.11 Å². The molecule has 0 aromatic carbocycles. The molecule has 5 heteroatoms. The zero-order chi connectivity index (χ0) is 24.4. The second kappa shape index (κ2) is 18.2. The van der Waals surface area contributed by atoms with Crippen LogP contribution in [0.5, 0.6) is 0 Å². The Bertz CT molecular complexity index is 606. The van der Waals surface area contributed by atoms with E-state index in [2.05, 4.69) is 80.1 Å². The number of terminal acetylenes is 1. The molecular weight excluding hydrogens is 452 g/mol. The van der Waals surface area contributed by atoms with Gasteiger partial charge in [-0.05, 0) is 77.4 Å². The van der Waals surface area contributed by atoms with Crippen LogP contribution in [0, 0.1) is 30.6 Å². The highest BCUT2D eigenvalue weighted by Crippen LogP contribution is 2.43. The average Bonchev–Trinajstić information content (AvgIpc) is 2.74. The van der Waals surface area contributed by atoms with Gasteiger partial charge in [0.05, 0.1) is 6.73 Å². The van der Waals surface area contributed by atoms with Crippen LogP contribution in [-0.2, 0) is 4.79 Å². The predicted octanol–water partition coefficient (Wildman–Crippen LogP) is 5.94. The molecule has 0 aliphatic heterocycles. The SMILES string of the molecule is C#C.CCCC1CC(CNCO)C1C(=O)NC(C)(C)CC.C\C=C/C=C(Br)\C(C)=C\C. The molecule has 3 N–H and O–H groups in total. The van der Waals surface area contributed by atoms with Crippen LogP contribution >= 0.6 is 15.9 Å². The molecule has 3 atom stereocenters. The molecular formula is C26H45BrN2O2. The summed E-state index contributed by atoms with van der Waals surface area (Å²) < 4.78 is 1.15. The number of carbonyl (C=O) groups excluding carboxylic acids is 1. The maximum Gasteiger partial charge on any atom is 0.224 e. The molecule has 0 spiro atoms. The topological polar surface area (TPSA) is 61.4 Å². The largest absolute Gasteiger partial charge is 0.381 e. The van der Waals surface area contributed by atoms with E-state index in [0.717, 1.165) is 36.7 Å². The van der Waals surface area contributed by atoms with Crippen molar-refractivity contribution < 1.29 is 9.90 Å². The number of halogens is 1. The molecule has 3 unspecified atom stereocenters. The molecule has 1 saturated carbocycles. The van der Waals surface area contributed by atoms with Gasteiger partial charge in [-0.25, -0.2) is 0 Å². The molecule has 0 aromatic rings. The lowest BCUT2D eigenvalue weighted by Crippen LogP contribution is -2.55. The third kappa shape index (κ3) is 12.9. The monoisotopic (exact) mass is 496 g/mol. The highest BCUT2D eigenvalue weighted by molar-refractivity contribution is 9.12. The van der Waals surface area contributed by atoms with Gasteiger partial charge in [0.25, 0.3) is 0 Å². The van der Waals surface area contributed by atoms with E-state index in [1.54, 1.807) is 0 Å². The van der Waals surface area contributed by atoms with Crippen molar-refractivity contribution in [1.29, 1.82) is 0 Å². The summed E-state index contributed by atoms with van der Waals surface area (Å²) in [6.07, 6.45) is 20.4. The minimum absolute atomic E-state index is 0.0102. The first-order chi connectivity index (χ1) is 14.7. The molecule has 0 bridgehead atoms. The summed E-state index contributed by atoms with van der Waals surface area (Å²) in [4.78, 5) is 12.5. The average molecular weight is 498 g/mol. The van der Waals surface area contributed by atoms with Gasteiger partial charge in [0.1, 0.15) is 0 Å². The van der Waals surface area contributed by atoms with Crippen molar-refractivity contribution in [3.8, 4) is 12.8 Å². The summed E-state index contributed by atoms with van der Waals surface area (Å²) in [6, 6.07) is 0. The summed E-state index contributed by atoms with van der Waals surface area (Å²) in [5.74, 6) is 1.20. The van der Waals surface area contributed by atoms with Gasteiger partial charge in [0.15, 0.2) is 0 Å². The number of aliphatic hydroxyl groups excluding tert-OH is 1. The molecule has 1 amide bonds. The molecule has 0 heterocycles. The van der Waals surface area contributed by atoms with Gasteiger partial charge < -0.3 is 10.4 Å². The zero-order valence-electron chi connectivity index (χ0n) is 20.7. The highest BCUT2D eigenvalue weighted by Gasteiger charge is 2.45. The van der Waals surface area contributed by atoms with Crippen molar-refractivity contribution in [2.75, 3.05) is 13.3 Å². The fourth-order valence-corrected chi connectivity index (χ4v) is 3.76. The van der Waals surface area contributed by atoms with E-state index < -0.39 is 0 Å². The summed E-state index contributed by atoms with van der Waals surface area (Å²) in [5.41, 5.74) is 1.14. The van der Waals surface area contributed by atoms with E-state index in [0.29, 0.717) is 11.8 Å². The molecule has 0 radical (unpaired) electrons. The second-order valence-electron chi connectivity index (χ2n) is 8.42. The van der Waals surface area contributed by atoms with Crippen LogP contribution in [0.3, 0.4) is 0 Å². The lowest BCUT2D eigenvalue weighted by atomic mass is 9.62. The third-order valence-electron chi connectivity index (χ3n) is 5.69. The molecule has 4 nitrogen and oxygen atoms in total. The first kappa shape index (κ1) is 31.8. The van der Waals surface area contributed by atoms with Crippen LogP contribution in [0.2, 0.25) is 0 Å². The summed E-state index contributed by atoms with van der Waals surface area (Å²) in [6.45, 7) is 15.2. The Morgan fingerprint density at radius 2 is 1.84 bits per heavy atom. The number of aliphatic hydroxyl groups is 1. The Balaban J connectivity index is 0. The summed E-state index contributed by atoms with van der Waals surface area (Å²) in [7, 11) is 0. The Morgan fingerprint density at radius 3 is 2.29 bits per heavy atom. The lowest BCUT2D eigenvalue weighted by molar-refractivity contribution is -0.136. The standard InChI is InChI=1S/C15H30N2O2.C9H13Br.C2H2/c1-5-7-11-8-12(9-16-10-18)13(11)14(19)17-15(3,4)6-2;1-4-6-7-9(10)8(3)5-2;1-2/h11-13,16,18H,5-10H2,1-4H3,(H,17,19);4-7H,1-3H3;1-2H/b;6-4-,8-5+,9-7+;. The highest BCUT2D eigenvalue weighted by atomic mass is 79.9. The minimum atomic E-state index is -0.127. The molecule has 31 heavy (non-hydrogen) atoms. The van der Waals surface area contributed by atoms with E-state index in [1.165, 1.54) is 5.57 Å². The maximum absolute atomic E-state index is 12.5. The van der Waals surface area contributed by atoms with Crippen molar-refractivity contribution in [2.45, 2.75) is 79.7 Å². The van der Waals surface area contributed by atoms with Crippen molar-refractivity contribution in [3.05, 3.63) is 34.4 Å². The first-order valence-electron chi connectivity index (χ1n) is 11.3. The van der Waals surface area contributed by atoms with Crippen molar-refractivity contribution in [2.24, 2.45) is 17.8 Å². The van der Waals surface area contributed by atoms with Crippen molar-refractivity contribution in [3.63, 3.8) is 0 Å². The smallest absolute Gasteiger partial charge is 0.224 e. The normalized spacial score (nSPS) is 21.3. The van der Waals surface area contributed by atoms with Gasteiger partial charge >= 0.3 is 0 Å². The van der Waals surface area contributed by atoms with Crippen molar-refractivity contribution in [1.82, 2.24) is 10.6 Å². The number of hydrogen-bond donors (Lipinski definition) is 3. The van der Waals surface area contributed by atoms with Crippen LogP contribution < -0.4 is 10.6 Å². The number of rotatable bonds is 10. The number of hydrogen-bond acceptors (Lipinski definition) is 3. The van der Waals surface area contributed by atoms with Gasteiger partial charge in [0.2, 0.25) is 5.91 Å². The minimum Gasteiger partial charge on any atom is -0.381 e. The second-order valence-corrected chi connectivity index (χ2v) is 9.28. The van der Waals surface area contributed by atoms with Crippen LogP contribution in [0.25, 0.3) is 0 Å². The Labute approximate surface area is 200 Å². The van der Waals surface area contributed by atoms with Gasteiger partial charge in [-0.2, -0.15) is 0 Å². The van der Waals surface area contributed by atoms with E-state index in [1.807, 2.05) is 32.1 Å². The number of nitrogens with one attached hydrogen (secondary N) is 2.